The first kappa shape index (κ1) is 10.7. The number of halogens is 1. The number of hydrogen-bond donors (Lipinski definition) is 1. The second kappa shape index (κ2) is 3.81. The van der Waals surface area contributed by atoms with Crippen molar-refractivity contribution in [1.29, 1.82) is 0 Å². The van der Waals surface area contributed by atoms with E-state index in [1.807, 2.05) is 45.0 Å². The molecule has 13 heavy (non-hydrogen) atoms. The van der Waals surface area contributed by atoms with Gasteiger partial charge in [-0.3, -0.25) is 0 Å². The molecule has 1 aromatic rings. The van der Waals surface area contributed by atoms with Gasteiger partial charge in [-0.1, -0.05) is 48.8 Å². The maximum atomic E-state index is 9.93. The zero-order valence-corrected chi connectivity index (χ0v) is 9.80. The lowest BCUT2D eigenvalue weighted by Gasteiger charge is -2.26. The molecule has 0 aromatic heterocycles. The monoisotopic (exact) mass is 242 g/mol. The van der Waals surface area contributed by atoms with Crippen LogP contribution >= 0.6 is 15.9 Å². The zero-order valence-electron chi connectivity index (χ0n) is 8.21. The van der Waals surface area contributed by atoms with Gasteiger partial charge in [0.15, 0.2) is 0 Å². The van der Waals surface area contributed by atoms with Gasteiger partial charge in [-0.25, -0.2) is 0 Å². The van der Waals surface area contributed by atoms with Gasteiger partial charge < -0.3 is 5.11 Å². The van der Waals surface area contributed by atoms with E-state index in [2.05, 4.69) is 15.9 Å². The molecule has 1 nitrogen and oxygen atoms in total. The fourth-order valence-corrected chi connectivity index (χ4v) is 1.41. The number of benzene rings is 1. The Bertz CT molecular complexity index is 271. The fourth-order valence-electron chi connectivity index (χ4n) is 1.15. The Morgan fingerprint density at radius 2 is 1.62 bits per heavy atom. The van der Waals surface area contributed by atoms with Crippen LogP contribution in [0.3, 0.4) is 0 Å². The number of aliphatic hydroxyl groups is 1. The molecular formula is C11H15BrO. The van der Waals surface area contributed by atoms with E-state index in [0.717, 1.165) is 10.0 Å². The van der Waals surface area contributed by atoms with Gasteiger partial charge >= 0.3 is 0 Å². The lowest BCUT2D eigenvalue weighted by Crippen LogP contribution is -2.17. The molecule has 0 fully saturated rings. The maximum Gasteiger partial charge on any atom is 0.0838 e. The highest BCUT2D eigenvalue weighted by Crippen LogP contribution is 2.32. The SMILES string of the molecule is CC(C)(C)C(O)c1ccc(Br)cc1. The average molecular weight is 243 g/mol. The van der Waals surface area contributed by atoms with Crippen molar-refractivity contribution in [1.82, 2.24) is 0 Å². The summed E-state index contributed by atoms with van der Waals surface area (Å²) >= 11 is 3.36. The molecule has 1 N–H and O–H groups in total. The van der Waals surface area contributed by atoms with Crippen LogP contribution < -0.4 is 0 Å². The molecular weight excluding hydrogens is 228 g/mol. The molecule has 1 aromatic carbocycles. The van der Waals surface area contributed by atoms with Crippen LogP contribution in [0.15, 0.2) is 28.7 Å². The highest BCUT2D eigenvalue weighted by Gasteiger charge is 2.23. The van der Waals surface area contributed by atoms with Crippen LogP contribution in [-0.2, 0) is 0 Å². The van der Waals surface area contributed by atoms with E-state index in [1.165, 1.54) is 0 Å². The van der Waals surface area contributed by atoms with E-state index in [4.69, 9.17) is 0 Å². The van der Waals surface area contributed by atoms with Gasteiger partial charge in [-0.15, -0.1) is 0 Å². The second-order valence-corrected chi connectivity index (χ2v) is 5.24. The van der Waals surface area contributed by atoms with E-state index in [9.17, 15) is 5.11 Å². The summed E-state index contributed by atoms with van der Waals surface area (Å²) in [5.74, 6) is 0. The van der Waals surface area contributed by atoms with Crippen molar-refractivity contribution < 1.29 is 5.11 Å². The van der Waals surface area contributed by atoms with Crippen LogP contribution in [0, 0.1) is 5.41 Å². The second-order valence-electron chi connectivity index (χ2n) is 4.32. The minimum atomic E-state index is -0.402. The smallest absolute Gasteiger partial charge is 0.0838 e. The molecule has 72 valence electrons. The molecule has 0 heterocycles. The van der Waals surface area contributed by atoms with Gasteiger partial charge in [0, 0.05) is 4.47 Å². The van der Waals surface area contributed by atoms with Crippen molar-refractivity contribution in [2.24, 2.45) is 5.41 Å². The summed E-state index contributed by atoms with van der Waals surface area (Å²) in [6, 6.07) is 7.79. The van der Waals surface area contributed by atoms with Crippen LogP contribution in [0.4, 0.5) is 0 Å². The molecule has 2 heteroatoms. The van der Waals surface area contributed by atoms with Crippen LogP contribution in [0.2, 0.25) is 0 Å². The Kier molecular flexibility index (Phi) is 3.14. The highest BCUT2D eigenvalue weighted by molar-refractivity contribution is 9.10. The van der Waals surface area contributed by atoms with Gasteiger partial charge in [0.05, 0.1) is 6.10 Å². The summed E-state index contributed by atoms with van der Waals surface area (Å²) < 4.78 is 1.04. The Hall–Kier alpha value is -0.340. The first-order valence-electron chi connectivity index (χ1n) is 4.35. The van der Waals surface area contributed by atoms with E-state index in [1.54, 1.807) is 0 Å². The van der Waals surface area contributed by atoms with Crippen molar-refractivity contribution in [3.05, 3.63) is 34.3 Å². The molecule has 0 aliphatic rings. The van der Waals surface area contributed by atoms with Crippen molar-refractivity contribution in [3.63, 3.8) is 0 Å². The van der Waals surface area contributed by atoms with E-state index in [-0.39, 0.29) is 5.41 Å². The normalized spacial score (nSPS) is 14.2. The third-order valence-corrected chi connectivity index (χ3v) is 2.53. The van der Waals surface area contributed by atoms with Gasteiger partial charge in [0.25, 0.3) is 0 Å². The van der Waals surface area contributed by atoms with Crippen LogP contribution in [-0.4, -0.2) is 5.11 Å². The van der Waals surface area contributed by atoms with Crippen LogP contribution in [0.25, 0.3) is 0 Å². The van der Waals surface area contributed by atoms with Crippen molar-refractivity contribution in [3.8, 4) is 0 Å². The zero-order chi connectivity index (χ0) is 10.1. The highest BCUT2D eigenvalue weighted by atomic mass is 79.9. The topological polar surface area (TPSA) is 20.2 Å². The summed E-state index contributed by atoms with van der Waals surface area (Å²) in [5.41, 5.74) is 0.865. The third-order valence-electron chi connectivity index (χ3n) is 2.01. The van der Waals surface area contributed by atoms with Crippen molar-refractivity contribution in [2.75, 3.05) is 0 Å². The lowest BCUT2D eigenvalue weighted by molar-refractivity contribution is 0.0627. The lowest BCUT2D eigenvalue weighted by atomic mass is 9.85. The summed E-state index contributed by atoms with van der Waals surface area (Å²) in [5, 5.41) is 9.93. The molecule has 1 rings (SSSR count). The minimum Gasteiger partial charge on any atom is -0.388 e. The predicted octanol–water partition coefficient (Wildman–Crippen LogP) is 3.53. The molecule has 0 spiro atoms. The Balaban J connectivity index is 2.90. The fraction of sp³-hybridized carbons (Fsp3) is 0.455. The minimum absolute atomic E-state index is 0.103. The molecule has 0 saturated carbocycles. The Morgan fingerprint density at radius 1 is 1.15 bits per heavy atom. The van der Waals surface area contributed by atoms with Gasteiger partial charge in [-0.05, 0) is 23.1 Å². The standard InChI is InChI=1S/C11H15BrO/c1-11(2,3)10(13)8-4-6-9(12)7-5-8/h4-7,10,13H,1-3H3. The summed E-state index contributed by atoms with van der Waals surface area (Å²) in [7, 11) is 0. The van der Waals surface area contributed by atoms with Gasteiger partial charge in [0.2, 0.25) is 0 Å². The average Bonchev–Trinajstić information content (AvgIpc) is 2.03. The van der Waals surface area contributed by atoms with E-state index >= 15 is 0 Å². The van der Waals surface area contributed by atoms with Gasteiger partial charge in [0.1, 0.15) is 0 Å². The van der Waals surface area contributed by atoms with Crippen LogP contribution in [0.1, 0.15) is 32.4 Å². The van der Waals surface area contributed by atoms with Crippen molar-refractivity contribution >= 4 is 15.9 Å². The Morgan fingerprint density at radius 3 is 2.00 bits per heavy atom. The largest absolute Gasteiger partial charge is 0.388 e. The third kappa shape index (κ3) is 2.82. The molecule has 0 amide bonds. The molecule has 0 radical (unpaired) electrons. The first-order chi connectivity index (χ1) is 5.91. The number of aliphatic hydroxyl groups excluding tert-OH is 1. The van der Waals surface area contributed by atoms with E-state index < -0.39 is 6.10 Å². The molecule has 0 aliphatic carbocycles. The molecule has 0 aliphatic heterocycles. The quantitative estimate of drug-likeness (QED) is 0.799. The molecule has 1 atom stereocenters. The first-order valence-corrected chi connectivity index (χ1v) is 5.14. The predicted molar refractivity (Wildman–Crippen MR) is 58.6 cm³/mol. The van der Waals surface area contributed by atoms with Gasteiger partial charge in [-0.2, -0.15) is 0 Å². The van der Waals surface area contributed by atoms with E-state index in [0.29, 0.717) is 0 Å². The number of rotatable bonds is 1. The van der Waals surface area contributed by atoms with Crippen LogP contribution in [0.5, 0.6) is 0 Å². The summed E-state index contributed by atoms with van der Waals surface area (Å²) in [6.07, 6.45) is -0.402. The Labute approximate surface area is 87.9 Å². The number of hydrogen-bond acceptors (Lipinski definition) is 1. The molecule has 0 saturated heterocycles. The summed E-state index contributed by atoms with van der Waals surface area (Å²) in [6.45, 7) is 6.08. The summed E-state index contributed by atoms with van der Waals surface area (Å²) in [4.78, 5) is 0. The molecule has 0 bridgehead atoms. The maximum absolute atomic E-state index is 9.93. The van der Waals surface area contributed by atoms with Crippen molar-refractivity contribution in [2.45, 2.75) is 26.9 Å². The molecule has 1 unspecified atom stereocenters.